The van der Waals surface area contributed by atoms with E-state index in [0.29, 0.717) is 16.9 Å². The van der Waals surface area contributed by atoms with Gasteiger partial charge < -0.3 is 4.43 Å². The van der Waals surface area contributed by atoms with Gasteiger partial charge >= 0.3 is 0 Å². The molecule has 0 bridgehead atoms. The zero-order valence-corrected chi connectivity index (χ0v) is 21.6. The maximum atomic E-state index is 6.94. The molecule has 4 saturated carbocycles. The summed E-state index contributed by atoms with van der Waals surface area (Å²) in [6.45, 7) is 12.4. The van der Waals surface area contributed by atoms with Crippen LogP contribution in [0, 0.1) is 34.5 Å². The van der Waals surface area contributed by atoms with Crippen molar-refractivity contribution in [3.05, 3.63) is 42.0 Å². The van der Waals surface area contributed by atoms with Crippen molar-refractivity contribution in [2.24, 2.45) is 34.5 Å². The van der Waals surface area contributed by atoms with Crippen molar-refractivity contribution in [1.29, 1.82) is 0 Å². The van der Waals surface area contributed by atoms with Gasteiger partial charge in [0.15, 0.2) is 0 Å². The molecule has 4 fully saturated rings. The fourth-order valence-electron chi connectivity index (χ4n) is 8.97. The number of rotatable bonds is 3. The van der Waals surface area contributed by atoms with Crippen LogP contribution in [0.25, 0.3) is 0 Å². The van der Waals surface area contributed by atoms with Crippen molar-refractivity contribution in [1.82, 2.24) is 0 Å². The lowest BCUT2D eigenvalue weighted by Gasteiger charge is -2.61. The lowest BCUT2D eigenvalue weighted by atomic mass is 9.45. The molecular formula is C29H44OSi. The summed E-state index contributed by atoms with van der Waals surface area (Å²) < 4.78 is 6.94. The molecule has 0 radical (unpaired) electrons. The Morgan fingerprint density at radius 1 is 0.935 bits per heavy atom. The van der Waals surface area contributed by atoms with Crippen LogP contribution in [0.2, 0.25) is 13.1 Å². The summed E-state index contributed by atoms with van der Waals surface area (Å²) in [5, 5.41) is 1.44. The molecule has 4 aliphatic rings. The molecule has 7 atom stereocenters. The third kappa shape index (κ3) is 3.51. The van der Waals surface area contributed by atoms with Gasteiger partial charge in [-0.3, -0.25) is 0 Å². The van der Waals surface area contributed by atoms with E-state index in [1.54, 1.807) is 5.57 Å². The monoisotopic (exact) mass is 436 g/mol. The predicted molar refractivity (Wildman–Crippen MR) is 134 cm³/mol. The molecule has 1 aromatic carbocycles. The van der Waals surface area contributed by atoms with Crippen molar-refractivity contribution in [3.63, 3.8) is 0 Å². The van der Waals surface area contributed by atoms with E-state index >= 15 is 0 Å². The van der Waals surface area contributed by atoms with Gasteiger partial charge in [-0.2, -0.15) is 0 Å². The molecule has 4 aliphatic carbocycles. The van der Waals surface area contributed by atoms with Crippen molar-refractivity contribution in [3.8, 4) is 0 Å². The summed E-state index contributed by atoms with van der Waals surface area (Å²) >= 11 is 0. The molecule has 2 heteroatoms. The minimum absolute atomic E-state index is 0.478. The van der Waals surface area contributed by atoms with Crippen LogP contribution in [-0.4, -0.2) is 14.4 Å². The number of hydrogen-bond acceptors (Lipinski definition) is 1. The van der Waals surface area contributed by atoms with Crippen molar-refractivity contribution < 1.29 is 4.43 Å². The molecular weight excluding hydrogens is 392 g/mol. The summed E-state index contributed by atoms with van der Waals surface area (Å²) in [5.41, 5.74) is 2.86. The lowest BCUT2D eigenvalue weighted by molar-refractivity contribution is -0.114. The second kappa shape index (κ2) is 7.87. The highest BCUT2D eigenvalue weighted by atomic mass is 28.4. The average molecular weight is 437 g/mol. The largest absolute Gasteiger partial charge is 0.410 e. The molecule has 31 heavy (non-hydrogen) atoms. The summed E-state index contributed by atoms with van der Waals surface area (Å²) in [7, 11) is -1.83. The first-order valence-electron chi connectivity index (χ1n) is 13.2. The second-order valence-electron chi connectivity index (χ2n) is 12.4. The molecule has 0 heterocycles. The molecule has 0 N–H and O–H groups in total. The van der Waals surface area contributed by atoms with E-state index in [2.05, 4.69) is 70.3 Å². The lowest BCUT2D eigenvalue weighted by Crippen LogP contribution is -2.55. The van der Waals surface area contributed by atoms with Crippen LogP contribution in [0.1, 0.15) is 78.6 Å². The second-order valence-corrected chi connectivity index (χ2v) is 16.2. The predicted octanol–water partition coefficient (Wildman–Crippen LogP) is 7.47. The van der Waals surface area contributed by atoms with Crippen LogP contribution in [0.5, 0.6) is 0 Å². The quantitative estimate of drug-likeness (QED) is 0.352. The number of allylic oxidation sites excluding steroid dienone is 2. The first kappa shape index (κ1) is 22.0. The Hall–Kier alpha value is -0.863. The number of fused-ring (bicyclic) bond motifs is 5. The highest BCUT2D eigenvalue weighted by Gasteiger charge is 2.59. The highest BCUT2D eigenvalue weighted by molar-refractivity contribution is 6.84. The van der Waals surface area contributed by atoms with Gasteiger partial charge in [-0.15, -0.1) is 0 Å². The average Bonchev–Trinajstić information content (AvgIpc) is 3.11. The van der Waals surface area contributed by atoms with Crippen LogP contribution < -0.4 is 5.19 Å². The smallest absolute Gasteiger partial charge is 0.218 e. The Labute approximate surface area is 192 Å². The maximum Gasteiger partial charge on any atom is 0.218 e. The molecule has 1 nitrogen and oxygen atoms in total. The molecule has 0 aromatic heterocycles. The zero-order valence-electron chi connectivity index (χ0n) is 20.6. The molecule has 0 unspecified atom stereocenters. The fourth-order valence-corrected chi connectivity index (χ4v) is 11.2. The van der Waals surface area contributed by atoms with Gasteiger partial charge in [0.1, 0.15) is 0 Å². The molecule has 5 rings (SSSR count). The Morgan fingerprint density at radius 3 is 2.45 bits per heavy atom. The summed E-state index contributed by atoms with van der Waals surface area (Å²) in [5.74, 6) is 3.76. The van der Waals surface area contributed by atoms with Gasteiger partial charge in [0.05, 0.1) is 0 Å². The van der Waals surface area contributed by atoms with Gasteiger partial charge in [0.2, 0.25) is 8.32 Å². The topological polar surface area (TPSA) is 9.23 Å². The standard InChI is InChI=1S/C29H44OSi/c1-6-21-13-15-26-25-14-12-22-20-23(30-31(4,5)24-10-8-7-9-11-24)16-18-29(22,3)27(25)17-19-28(21,26)2/h6-11,22-23,25-27H,12-20H2,1-5H3/b21-6+/t22-,23+,25-,26-,27-,28+,29-/m0/s1. The normalized spacial score (nSPS) is 43.9. The van der Waals surface area contributed by atoms with E-state index in [1.807, 2.05) is 0 Å². The Balaban J connectivity index is 1.30. The van der Waals surface area contributed by atoms with Crippen LogP contribution in [0.3, 0.4) is 0 Å². The van der Waals surface area contributed by atoms with Crippen LogP contribution in [-0.2, 0) is 4.43 Å². The Bertz CT molecular complexity index is 828. The highest BCUT2D eigenvalue weighted by Crippen LogP contribution is 2.67. The molecule has 170 valence electrons. The maximum absolute atomic E-state index is 6.94. The third-order valence-corrected chi connectivity index (χ3v) is 13.4. The van der Waals surface area contributed by atoms with Crippen molar-refractivity contribution in [2.45, 2.75) is 97.8 Å². The third-order valence-electron chi connectivity index (χ3n) is 10.7. The molecule has 0 spiro atoms. The zero-order chi connectivity index (χ0) is 21.9. The first-order chi connectivity index (χ1) is 14.8. The minimum atomic E-state index is -1.83. The van der Waals surface area contributed by atoms with E-state index < -0.39 is 8.32 Å². The Morgan fingerprint density at radius 2 is 1.71 bits per heavy atom. The van der Waals surface area contributed by atoms with Crippen LogP contribution >= 0.6 is 0 Å². The van der Waals surface area contributed by atoms with E-state index in [0.717, 1.165) is 23.7 Å². The fraction of sp³-hybridized carbons (Fsp3) is 0.724. The SMILES string of the molecule is C/C=C1\CC[C@H]2[C@@H]3CC[C@H]4C[C@H](O[Si](C)(C)c5ccccc5)CC[C@]4(C)[C@H]3CC[C@]12C. The van der Waals surface area contributed by atoms with E-state index in [9.17, 15) is 0 Å². The van der Waals surface area contributed by atoms with E-state index in [-0.39, 0.29) is 0 Å². The Kier molecular flexibility index (Phi) is 5.57. The first-order valence-corrected chi connectivity index (χ1v) is 16.1. The summed E-state index contributed by atoms with van der Waals surface area (Å²) in [6, 6.07) is 11.0. The minimum Gasteiger partial charge on any atom is -0.410 e. The van der Waals surface area contributed by atoms with Gasteiger partial charge in [0.25, 0.3) is 0 Å². The molecule has 0 aliphatic heterocycles. The number of benzene rings is 1. The number of hydrogen-bond donors (Lipinski definition) is 0. The summed E-state index contributed by atoms with van der Waals surface area (Å²) in [4.78, 5) is 0. The van der Waals surface area contributed by atoms with Crippen molar-refractivity contribution in [2.75, 3.05) is 0 Å². The summed E-state index contributed by atoms with van der Waals surface area (Å²) in [6.07, 6.45) is 15.6. The molecule has 0 saturated heterocycles. The van der Waals surface area contributed by atoms with Crippen molar-refractivity contribution >= 4 is 13.5 Å². The van der Waals surface area contributed by atoms with E-state index in [4.69, 9.17) is 4.43 Å². The van der Waals surface area contributed by atoms with E-state index in [1.165, 1.54) is 63.0 Å². The van der Waals surface area contributed by atoms with Crippen LogP contribution in [0.15, 0.2) is 42.0 Å². The molecule has 1 aromatic rings. The molecule has 0 amide bonds. The van der Waals surface area contributed by atoms with Gasteiger partial charge in [-0.25, -0.2) is 0 Å². The van der Waals surface area contributed by atoms with Crippen LogP contribution in [0.4, 0.5) is 0 Å². The van der Waals surface area contributed by atoms with Gasteiger partial charge in [-0.05, 0) is 117 Å². The van der Waals surface area contributed by atoms with Gasteiger partial charge in [0, 0.05) is 6.10 Å². The van der Waals surface area contributed by atoms with Gasteiger partial charge in [-0.1, -0.05) is 55.8 Å².